The first-order valence-corrected chi connectivity index (χ1v) is 9.16. The third-order valence-corrected chi connectivity index (χ3v) is 5.24. The van der Waals surface area contributed by atoms with Crippen LogP contribution in [0.25, 0.3) is 0 Å². The number of methoxy groups -OCH3 is 1. The molecule has 2 aromatic rings. The number of halogens is 1. The summed E-state index contributed by atoms with van der Waals surface area (Å²) in [5, 5.41) is 0. The monoisotopic (exact) mass is 394 g/mol. The zero-order valence-electron chi connectivity index (χ0n) is 14.1. The molecule has 0 aromatic heterocycles. The van der Waals surface area contributed by atoms with E-state index >= 15 is 0 Å². The minimum Gasteiger partial charge on any atom is -0.497 e. The molecule has 1 fully saturated rings. The molecule has 3 rings (SSSR count). The number of anilines is 1. The molecular formula is C17H15FN2O6S. The van der Waals surface area contributed by atoms with Gasteiger partial charge in [-0.3, -0.25) is 9.59 Å². The van der Waals surface area contributed by atoms with Crippen molar-refractivity contribution in [3.63, 3.8) is 0 Å². The van der Waals surface area contributed by atoms with Gasteiger partial charge in [-0.25, -0.2) is 13.4 Å². The fourth-order valence-electron chi connectivity index (χ4n) is 2.53. The summed E-state index contributed by atoms with van der Waals surface area (Å²) < 4.78 is 51.8. The lowest BCUT2D eigenvalue weighted by molar-refractivity contribution is -0.117. The lowest BCUT2D eigenvalue weighted by atomic mass is 10.1. The van der Waals surface area contributed by atoms with E-state index in [0.717, 1.165) is 5.56 Å². The van der Waals surface area contributed by atoms with Gasteiger partial charge in [-0.15, -0.1) is 0 Å². The molecule has 1 heterocycles. The van der Waals surface area contributed by atoms with E-state index in [-0.39, 0.29) is 24.2 Å². The highest BCUT2D eigenvalue weighted by molar-refractivity contribution is 7.92. The largest absolute Gasteiger partial charge is 0.497 e. The molecule has 8 nitrogen and oxygen atoms in total. The van der Waals surface area contributed by atoms with Crippen LogP contribution in [0.15, 0.2) is 36.4 Å². The number of nitrogens with zero attached hydrogens (tertiary/aromatic N) is 1. The number of rotatable bonds is 6. The van der Waals surface area contributed by atoms with Crippen molar-refractivity contribution in [1.29, 1.82) is 0 Å². The van der Waals surface area contributed by atoms with E-state index < -0.39 is 34.2 Å². The van der Waals surface area contributed by atoms with Crippen molar-refractivity contribution in [3.05, 3.63) is 53.3 Å². The second kappa shape index (κ2) is 7.23. The molecule has 0 unspecified atom stereocenters. The van der Waals surface area contributed by atoms with Gasteiger partial charge in [0.05, 0.1) is 12.7 Å². The Morgan fingerprint density at radius 3 is 2.48 bits per heavy atom. The summed E-state index contributed by atoms with van der Waals surface area (Å²) in [5.74, 6) is -1.37. The molecule has 1 aliphatic heterocycles. The molecule has 1 N–H and O–H groups in total. The summed E-state index contributed by atoms with van der Waals surface area (Å²) in [7, 11) is -2.74. The molecule has 0 saturated carbocycles. The van der Waals surface area contributed by atoms with Gasteiger partial charge in [0, 0.05) is 0 Å². The van der Waals surface area contributed by atoms with Gasteiger partial charge in [0.25, 0.3) is 5.91 Å². The van der Waals surface area contributed by atoms with Gasteiger partial charge in [0.2, 0.25) is 0 Å². The third kappa shape index (κ3) is 3.70. The maximum atomic E-state index is 14.7. The highest BCUT2D eigenvalue weighted by Gasteiger charge is 2.38. The zero-order valence-corrected chi connectivity index (χ0v) is 15.0. The van der Waals surface area contributed by atoms with E-state index in [4.69, 9.17) is 9.47 Å². The van der Waals surface area contributed by atoms with Crippen molar-refractivity contribution in [2.45, 2.75) is 6.61 Å². The predicted octanol–water partition coefficient (Wildman–Crippen LogP) is 1.41. The first kappa shape index (κ1) is 18.6. The smallest absolute Gasteiger partial charge is 0.326 e. The van der Waals surface area contributed by atoms with Gasteiger partial charge in [0.15, 0.2) is 12.1 Å². The molecule has 27 heavy (non-hydrogen) atoms. The third-order valence-electron chi connectivity index (χ3n) is 3.86. The predicted molar refractivity (Wildman–Crippen MR) is 93.5 cm³/mol. The molecule has 0 spiro atoms. The standard InChI is InChI=1S/C17H15FN2O6S/c1-25-13-5-2-11(3-6-13)10-26-14-7-4-12(9-21)16(18)17(14)20-8-15(22)19-27(20,23)24/h2-7,9H,8,10H2,1H3,(H,19,22). The molecule has 1 amide bonds. The quantitative estimate of drug-likeness (QED) is 0.744. The number of hydrogen-bond donors (Lipinski definition) is 1. The van der Waals surface area contributed by atoms with Crippen molar-refractivity contribution < 1.29 is 31.9 Å². The normalized spacial score (nSPS) is 15.3. The second-order valence-corrected chi connectivity index (χ2v) is 7.20. The van der Waals surface area contributed by atoms with Gasteiger partial charge in [-0.2, -0.15) is 8.42 Å². The van der Waals surface area contributed by atoms with Crippen molar-refractivity contribution >= 4 is 28.1 Å². The van der Waals surface area contributed by atoms with Crippen LogP contribution in [-0.4, -0.2) is 34.3 Å². The van der Waals surface area contributed by atoms with E-state index in [2.05, 4.69) is 0 Å². The molecule has 10 heteroatoms. The van der Waals surface area contributed by atoms with Crippen LogP contribution in [0.4, 0.5) is 10.1 Å². The molecule has 0 atom stereocenters. The van der Waals surface area contributed by atoms with E-state index in [0.29, 0.717) is 10.1 Å². The lowest BCUT2D eigenvalue weighted by Crippen LogP contribution is -2.30. The molecule has 0 aliphatic carbocycles. The van der Waals surface area contributed by atoms with Crippen LogP contribution in [0.3, 0.4) is 0 Å². The van der Waals surface area contributed by atoms with E-state index in [1.54, 1.807) is 29.0 Å². The number of nitrogens with one attached hydrogen (secondary N) is 1. The van der Waals surface area contributed by atoms with Crippen molar-refractivity contribution in [2.24, 2.45) is 0 Å². The van der Waals surface area contributed by atoms with E-state index in [9.17, 15) is 22.4 Å². The first-order chi connectivity index (χ1) is 12.9. The van der Waals surface area contributed by atoms with Crippen molar-refractivity contribution in [2.75, 3.05) is 18.0 Å². The van der Waals surface area contributed by atoms with Gasteiger partial charge >= 0.3 is 10.2 Å². The minimum absolute atomic E-state index is 0.00608. The van der Waals surface area contributed by atoms with Crippen LogP contribution >= 0.6 is 0 Å². The topological polar surface area (TPSA) is 102 Å². The maximum absolute atomic E-state index is 14.7. The number of carbonyl (C=O) groups is 2. The fourth-order valence-corrected chi connectivity index (χ4v) is 3.69. The number of benzene rings is 2. The molecule has 2 aromatic carbocycles. The Balaban J connectivity index is 1.96. The number of aldehydes is 1. The van der Waals surface area contributed by atoms with Gasteiger partial charge in [-0.05, 0) is 29.8 Å². The highest BCUT2D eigenvalue weighted by atomic mass is 32.2. The first-order valence-electron chi connectivity index (χ1n) is 7.72. The van der Waals surface area contributed by atoms with Crippen LogP contribution in [0.5, 0.6) is 11.5 Å². The van der Waals surface area contributed by atoms with Crippen molar-refractivity contribution in [1.82, 2.24) is 4.72 Å². The Bertz CT molecular complexity index is 991. The fraction of sp³-hybridized carbons (Fsp3) is 0.176. The number of amides is 1. The van der Waals surface area contributed by atoms with E-state index in [1.165, 1.54) is 19.2 Å². The Labute approximate surface area is 154 Å². The minimum atomic E-state index is -4.27. The summed E-state index contributed by atoms with van der Waals surface area (Å²) in [5.41, 5.74) is -0.122. The van der Waals surface area contributed by atoms with Gasteiger partial charge in [0.1, 0.15) is 30.3 Å². The van der Waals surface area contributed by atoms with Gasteiger partial charge < -0.3 is 9.47 Å². The molecule has 1 saturated heterocycles. The summed E-state index contributed by atoms with van der Waals surface area (Å²) >= 11 is 0. The van der Waals surface area contributed by atoms with Crippen LogP contribution in [-0.2, 0) is 21.6 Å². The Morgan fingerprint density at radius 1 is 1.22 bits per heavy atom. The average molecular weight is 394 g/mol. The Hall–Kier alpha value is -3.14. The molecule has 142 valence electrons. The van der Waals surface area contributed by atoms with Gasteiger partial charge in [-0.1, -0.05) is 12.1 Å². The van der Waals surface area contributed by atoms with E-state index in [1.807, 2.05) is 0 Å². The summed E-state index contributed by atoms with van der Waals surface area (Å²) in [4.78, 5) is 22.5. The zero-order chi connectivity index (χ0) is 19.6. The van der Waals surface area contributed by atoms with Crippen molar-refractivity contribution in [3.8, 4) is 11.5 Å². The van der Waals surface area contributed by atoms with Crippen LogP contribution in [0.2, 0.25) is 0 Å². The summed E-state index contributed by atoms with van der Waals surface area (Å²) in [6, 6.07) is 9.34. The molecule has 1 aliphatic rings. The number of ether oxygens (including phenoxy) is 2. The summed E-state index contributed by atoms with van der Waals surface area (Å²) in [6.07, 6.45) is 0.254. The van der Waals surface area contributed by atoms with Crippen LogP contribution < -0.4 is 18.5 Å². The summed E-state index contributed by atoms with van der Waals surface area (Å²) in [6.45, 7) is -0.605. The molecular weight excluding hydrogens is 379 g/mol. The number of hydrogen-bond acceptors (Lipinski definition) is 6. The SMILES string of the molecule is COc1ccc(COc2ccc(C=O)c(F)c2N2CC(=O)NS2(=O)=O)cc1. The maximum Gasteiger partial charge on any atom is 0.326 e. The second-order valence-electron chi connectivity index (χ2n) is 5.61. The highest BCUT2D eigenvalue weighted by Crippen LogP contribution is 2.36. The number of carbonyl (C=O) groups excluding carboxylic acids is 2. The lowest BCUT2D eigenvalue weighted by Gasteiger charge is -2.20. The Morgan fingerprint density at radius 2 is 1.93 bits per heavy atom. The van der Waals surface area contributed by atoms with Crippen LogP contribution in [0.1, 0.15) is 15.9 Å². The van der Waals surface area contributed by atoms with Crippen LogP contribution in [0, 0.1) is 5.82 Å². The molecule has 0 bridgehead atoms. The molecule has 0 radical (unpaired) electrons. The Kier molecular flexibility index (Phi) is 5.00. The average Bonchev–Trinajstić information content (AvgIpc) is 2.92.